The monoisotopic (exact) mass is 298 g/mol. The van der Waals surface area contributed by atoms with Gasteiger partial charge >= 0.3 is 0 Å². The third kappa shape index (κ3) is 5.05. The molecule has 110 valence electrons. The second kappa shape index (κ2) is 7.69. The predicted molar refractivity (Wildman–Crippen MR) is 78.5 cm³/mol. The molecule has 0 radical (unpaired) electrons. The number of hydrogen-bond acceptors (Lipinski definition) is 4. The Morgan fingerprint density at radius 3 is 2.85 bits per heavy atom. The molecule has 0 aromatic carbocycles. The number of rotatable bonds is 6. The zero-order valence-electron chi connectivity index (χ0n) is 11.6. The molecule has 0 aliphatic heterocycles. The van der Waals surface area contributed by atoms with Gasteiger partial charge in [0.2, 0.25) is 5.91 Å². The lowest BCUT2D eigenvalue weighted by molar-refractivity contribution is -0.121. The second-order valence-electron chi connectivity index (χ2n) is 4.47. The van der Waals surface area contributed by atoms with Crippen molar-refractivity contribution < 1.29 is 9.59 Å². The van der Waals surface area contributed by atoms with Gasteiger partial charge in [0.05, 0.1) is 10.6 Å². The van der Waals surface area contributed by atoms with Gasteiger partial charge in [-0.15, -0.1) is 0 Å². The molecule has 2 amide bonds. The standard InChI is InChI=1S/C13H19ClN4O2/c1-3-8(2)18-12(19)4-5-16-13(20)9-6-11(15)17-7-10(9)14/h6-8H,3-5H2,1-2H3,(H2,15,17)(H,16,20)(H,18,19). The highest BCUT2D eigenvalue weighted by Crippen LogP contribution is 2.16. The van der Waals surface area contributed by atoms with E-state index in [-0.39, 0.29) is 47.2 Å². The second-order valence-corrected chi connectivity index (χ2v) is 4.88. The Morgan fingerprint density at radius 1 is 1.50 bits per heavy atom. The highest BCUT2D eigenvalue weighted by molar-refractivity contribution is 6.33. The van der Waals surface area contributed by atoms with Gasteiger partial charge in [0.15, 0.2) is 0 Å². The van der Waals surface area contributed by atoms with Crippen molar-refractivity contribution in [1.29, 1.82) is 0 Å². The van der Waals surface area contributed by atoms with E-state index in [4.69, 9.17) is 17.3 Å². The molecule has 20 heavy (non-hydrogen) atoms. The number of carbonyl (C=O) groups is 2. The molecular formula is C13H19ClN4O2. The summed E-state index contributed by atoms with van der Waals surface area (Å²) in [6.07, 6.45) is 2.40. The Balaban J connectivity index is 2.44. The van der Waals surface area contributed by atoms with E-state index in [1.165, 1.54) is 12.3 Å². The molecule has 1 rings (SSSR count). The minimum atomic E-state index is -0.375. The van der Waals surface area contributed by atoms with E-state index in [1.807, 2.05) is 13.8 Å². The molecule has 0 bridgehead atoms. The highest BCUT2D eigenvalue weighted by Gasteiger charge is 2.12. The molecule has 1 aromatic heterocycles. The van der Waals surface area contributed by atoms with E-state index in [0.29, 0.717) is 0 Å². The first-order valence-electron chi connectivity index (χ1n) is 6.42. The lowest BCUT2D eigenvalue weighted by Crippen LogP contribution is -2.35. The van der Waals surface area contributed by atoms with Crippen LogP contribution in [0.25, 0.3) is 0 Å². The summed E-state index contributed by atoms with van der Waals surface area (Å²) in [5.41, 5.74) is 5.75. The molecule has 1 aromatic rings. The van der Waals surface area contributed by atoms with Crippen LogP contribution in [0.15, 0.2) is 12.3 Å². The summed E-state index contributed by atoms with van der Waals surface area (Å²) in [7, 11) is 0. The van der Waals surface area contributed by atoms with Crippen LogP contribution in [0.5, 0.6) is 0 Å². The van der Waals surface area contributed by atoms with Gasteiger partial charge in [-0.2, -0.15) is 0 Å². The van der Waals surface area contributed by atoms with Gasteiger partial charge in [0.1, 0.15) is 5.82 Å². The number of pyridine rings is 1. The van der Waals surface area contributed by atoms with Crippen molar-refractivity contribution in [2.75, 3.05) is 12.3 Å². The van der Waals surface area contributed by atoms with Gasteiger partial charge in [0.25, 0.3) is 5.91 Å². The molecule has 1 heterocycles. The molecule has 1 unspecified atom stereocenters. The smallest absolute Gasteiger partial charge is 0.253 e. The number of nitrogens with zero attached hydrogens (tertiary/aromatic N) is 1. The van der Waals surface area contributed by atoms with Crippen LogP contribution in [-0.2, 0) is 4.79 Å². The van der Waals surface area contributed by atoms with Crippen LogP contribution in [0.3, 0.4) is 0 Å². The summed E-state index contributed by atoms with van der Waals surface area (Å²) in [6, 6.07) is 1.53. The Labute approximate surface area is 123 Å². The lowest BCUT2D eigenvalue weighted by Gasteiger charge is -2.11. The first-order chi connectivity index (χ1) is 9.43. The van der Waals surface area contributed by atoms with Gasteiger partial charge in [-0.1, -0.05) is 18.5 Å². The fourth-order valence-electron chi connectivity index (χ4n) is 1.46. The maximum Gasteiger partial charge on any atom is 0.253 e. The van der Waals surface area contributed by atoms with E-state index in [2.05, 4.69) is 15.6 Å². The Kier molecular flexibility index (Phi) is 6.24. The summed E-state index contributed by atoms with van der Waals surface area (Å²) in [5.74, 6) is -0.255. The van der Waals surface area contributed by atoms with Gasteiger partial charge < -0.3 is 16.4 Å². The fourth-order valence-corrected chi connectivity index (χ4v) is 1.65. The number of amides is 2. The summed E-state index contributed by atoms with van der Waals surface area (Å²) < 4.78 is 0. The molecule has 0 aliphatic carbocycles. The molecule has 0 aliphatic rings. The zero-order chi connectivity index (χ0) is 15.1. The third-order valence-electron chi connectivity index (χ3n) is 2.78. The number of nitrogens with two attached hydrogens (primary N) is 1. The van der Waals surface area contributed by atoms with E-state index in [9.17, 15) is 9.59 Å². The molecule has 4 N–H and O–H groups in total. The van der Waals surface area contributed by atoms with Crippen LogP contribution in [0.4, 0.5) is 5.82 Å². The molecule has 0 spiro atoms. The number of halogens is 1. The first-order valence-corrected chi connectivity index (χ1v) is 6.80. The quantitative estimate of drug-likeness (QED) is 0.738. The summed E-state index contributed by atoms with van der Waals surface area (Å²) >= 11 is 5.86. The SMILES string of the molecule is CCC(C)NC(=O)CCNC(=O)c1cc(N)ncc1Cl. The molecule has 6 nitrogen and oxygen atoms in total. The maximum absolute atomic E-state index is 11.9. The molecule has 0 fully saturated rings. The highest BCUT2D eigenvalue weighted by atomic mass is 35.5. The zero-order valence-corrected chi connectivity index (χ0v) is 12.3. The van der Waals surface area contributed by atoms with Gasteiger partial charge in [0, 0.05) is 25.2 Å². The largest absolute Gasteiger partial charge is 0.384 e. The molecular weight excluding hydrogens is 280 g/mol. The molecule has 7 heteroatoms. The third-order valence-corrected chi connectivity index (χ3v) is 3.08. The normalized spacial score (nSPS) is 11.8. The summed E-state index contributed by atoms with van der Waals surface area (Å²) in [6.45, 7) is 4.15. The van der Waals surface area contributed by atoms with Crippen molar-refractivity contribution >= 4 is 29.2 Å². The maximum atomic E-state index is 11.9. The van der Waals surface area contributed by atoms with Crippen molar-refractivity contribution in [2.24, 2.45) is 0 Å². The average molecular weight is 299 g/mol. The molecule has 0 saturated heterocycles. The van der Waals surface area contributed by atoms with Crippen molar-refractivity contribution in [2.45, 2.75) is 32.7 Å². The Morgan fingerprint density at radius 2 is 2.20 bits per heavy atom. The van der Waals surface area contributed by atoms with Crippen molar-refractivity contribution in [1.82, 2.24) is 15.6 Å². The van der Waals surface area contributed by atoms with Crippen molar-refractivity contribution in [3.8, 4) is 0 Å². The predicted octanol–water partition coefficient (Wildman–Crippen LogP) is 1.35. The van der Waals surface area contributed by atoms with E-state index in [1.54, 1.807) is 0 Å². The van der Waals surface area contributed by atoms with E-state index < -0.39 is 0 Å². The fraction of sp³-hybridized carbons (Fsp3) is 0.462. The van der Waals surface area contributed by atoms with Crippen LogP contribution in [0, 0.1) is 0 Å². The first kappa shape index (κ1) is 16.2. The number of nitrogen functional groups attached to an aromatic ring is 1. The van der Waals surface area contributed by atoms with Gasteiger partial charge in [-0.25, -0.2) is 4.98 Å². The minimum Gasteiger partial charge on any atom is -0.384 e. The Hall–Kier alpha value is -1.82. The number of hydrogen-bond donors (Lipinski definition) is 3. The minimum absolute atomic E-state index is 0.0972. The summed E-state index contributed by atoms with van der Waals surface area (Å²) in [4.78, 5) is 27.2. The lowest BCUT2D eigenvalue weighted by atomic mass is 10.2. The average Bonchev–Trinajstić information content (AvgIpc) is 2.41. The van der Waals surface area contributed by atoms with Crippen LogP contribution in [0.1, 0.15) is 37.0 Å². The van der Waals surface area contributed by atoms with Crippen LogP contribution < -0.4 is 16.4 Å². The van der Waals surface area contributed by atoms with E-state index in [0.717, 1.165) is 6.42 Å². The van der Waals surface area contributed by atoms with Crippen molar-refractivity contribution in [3.63, 3.8) is 0 Å². The van der Waals surface area contributed by atoms with Gasteiger partial charge in [-0.3, -0.25) is 9.59 Å². The van der Waals surface area contributed by atoms with Crippen molar-refractivity contribution in [3.05, 3.63) is 22.8 Å². The topological polar surface area (TPSA) is 97.1 Å². The van der Waals surface area contributed by atoms with Crippen LogP contribution in [-0.4, -0.2) is 29.4 Å². The number of aromatic nitrogens is 1. The van der Waals surface area contributed by atoms with Gasteiger partial charge in [-0.05, 0) is 19.4 Å². The number of carbonyl (C=O) groups excluding carboxylic acids is 2. The van der Waals surface area contributed by atoms with E-state index >= 15 is 0 Å². The number of anilines is 1. The Bertz CT molecular complexity index is 493. The molecule has 0 saturated carbocycles. The van der Waals surface area contributed by atoms with Crippen LogP contribution >= 0.6 is 11.6 Å². The van der Waals surface area contributed by atoms with Crippen LogP contribution in [0.2, 0.25) is 5.02 Å². The summed E-state index contributed by atoms with van der Waals surface area (Å²) in [5, 5.41) is 5.66. The number of nitrogens with one attached hydrogen (secondary N) is 2. The molecule has 1 atom stereocenters.